The Morgan fingerprint density at radius 3 is 2.54 bits per heavy atom. The standard InChI is InChI=1S/C19H19BrClF3N2/c20-15-4-1-3-13(11-15)18(26-9-2-7-25-8-10-26)14-5-6-17(21)16(12-14)19(22,23)24/h1,3-6,11-12,18,25H,2,7-10H2. The molecule has 0 spiro atoms. The fourth-order valence-electron chi connectivity index (χ4n) is 3.35. The second kappa shape index (κ2) is 8.30. The summed E-state index contributed by atoms with van der Waals surface area (Å²) in [4.78, 5) is 2.23. The minimum atomic E-state index is -4.48. The zero-order chi connectivity index (χ0) is 18.7. The Morgan fingerprint density at radius 2 is 1.81 bits per heavy atom. The average Bonchev–Trinajstić information content (AvgIpc) is 2.85. The maximum absolute atomic E-state index is 13.4. The van der Waals surface area contributed by atoms with Crippen LogP contribution in [0.4, 0.5) is 13.2 Å². The number of halogens is 5. The maximum Gasteiger partial charge on any atom is 0.417 e. The van der Waals surface area contributed by atoms with Gasteiger partial charge in [0.25, 0.3) is 0 Å². The van der Waals surface area contributed by atoms with Crippen LogP contribution in [0, 0.1) is 0 Å². The molecular formula is C19H19BrClF3N2. The molecule has 0 aromatic heterocycles. The number of nitrogens with one attached hydrogen (secondary N) is 1. The van der Waals surface area contributed by atoms with Crippen LogP contribution in [0.15, 0.2) is 46.9 Å². The Balaban J connectivity index is 2.08. The number of benzene rings is 2. The molecule has 1 aliphatic heterocycles. The second-order valence-electron chi connectivity index (χ2n) is 6.33. The van der Waals surface area contributed by atoms with Crippen molar-refractivity contribution in [2.45, 2.75) is 18.6 Å². The van der Waals surface area contributed by atoms with Crippen LogP contribution in [-0.2, 0) is 6.18 Å². The van der Waals surface area contributed by atoms with Gasteiger partial charge in [-0.3, -0.25) is 4.90 Å². The predicted molar refractivity (Wildman–Crippen MR) is 101 cm³/mol. The van der Waals surface area contributed by atoms with Crippen molar-refractivity contribution in [3.63, 3.8) is 0 Å². The Hall–Kier alpha value is -1.08. The summed E-state index contributed by atoms with van der Waals surface area (Å²) in [5.41, 5.74) is 0.767. The smallest absolute Gasteiger partial charge is 0.315 e. The summed E-state index contributed by atoms with van der Waals surface area (Å²) < 4.78 is 41.0. The molecule has 0 bridgehead atoms. The van der Waals surface area contributed by atoms with Crippen LogP contribution in [0.25, 0.3) is 0 Å². The highest BCUT2D eigenvalue weighted by Gasteiger charge is 2.34. The summed E-state index contributed by atoms with van der Waals surface area (Å²) >= 11 is 9.29. The third kappa shape index (κ3) is 4.60. The van der Waals surface area contributed by atoms with E-state index >= 15 is 0 Å². The molecule has 0 amide bonds. The van der Waals surface area contributed by atoms with Gasteiger partial charge in [-0.05, 0) is 48.4 Å². The Bertz CT molecular complexity index is 759. The summed E-state index contributed by atoms with van der Waals surface area (Å²) in [5, 5.41) is 3.07. The Kier molecular flexibility index (Phi) is 6.28. The van der Waals surface area contributed by atoms with Crippen LogP contribution in [0.3, 0.4) is 0 Å². The number of rotatable bonds is 3. The summed E-state index contributed by atoms with van der Waals surface area (Å²) in [6.07, 6.45) is -3.53. The highest BCUT2D eigenvalue weighted by molar-refractivity contribution is 9.10. The van der Waals surface area contributed by atoms with E-state index in [-0.39, 0.29) is 11.1 Å². The van der Waals surface area contributed by atoms with E-state index in [9.17, 15) is 13.2 Å². The monoisotopic (exact) mass is 446 g/mol. The molecule has 2 aromatic rings. The molecule has 26 heavy (non-hydrogen) atoms. The first-order chi connectivity index (χ1) is 12.4. The molecular weight excluding hydrogens is 429 g/mol. The number of alkyl halides is 3. The lowest BCUT2D eigenvalue weighted by Crippen LogP contribution is -2.33. The first-order valence-corrected chi connectivity index (χ1v) is 9.60. The third-order valence-corrected chi connectivity index (χ3v) is 5.34. The SMILES string of the molecule is FC(F)(F)c1cc(C(c2cccc(Br)c2)N2CCCNCC2)ccc1Cl. The van der Waals surface area contributed by atoms with E-state index in [1.807, 2.05) is 24.3 Å². The van der Waals surface area contributed by atoms with E-state index in [1.165, 1.54) is 12.1 Å². The van der Waals surface area contributed by atoms with Crippen LogP contribution >= 0.6 is 27.5 Å². The fraction of sp³-hybridized carbons (Fsp3) is 0.368. The van der Waals surface area contributed by atoms with Crippen LogP contribution in [0.1, 0.15) is 29.2 Å². The van der Waals surface area contributed by atoms with Crippen LogP contribution in [0.5, 0.6) is 0 Å². The van der Waals surface area contributed by atoms with Gasteiger partial charge in [0.05, 0.1) is 16.6 Å². The Labute approximate surface area is 164 Å². The van der Waals surface area contributed by atoms with Gasteiger partial charge < -0.3 is 5.32 Å². The molecule has 1 aliphatic rings. The largest absolute Gasteiger partial charge is 0.417 e. The van der Waals surface area contributed by atoms with Gasteiger partial charge in [-0.1, -0.05) is 45.7 Å². The summed E-state index contributed by atoms with van der Waals surface area (Å²) in [7, 11) is 0. The van der Waals surface area contributed by atoms with Crippen molar-refractivity contribution in [1.29, 1.82) is 0 Å². The molecule has 140 valence electrons. The van der Waals surface area contributed by atoms with E-state index in [0.29, 0.717) is 5.56 Å². The van der Waals surface area contributed by atoms with Crippen LogP contribution < -0.4 is 5.32 Å². The minimum Gasteiger partial charge on any atom is -0.315 e. The third-order valence-electron chi connectivity index (χ3n) is 4.52. The molecule has 7 heteroatoms. The molecule has 0 radical (unpaired) electrons. The van der Waals surface area contributed by atoms with Gasteiger partial charge in [-0.2, -0.15) is 13.2 Å². The predicted octanol–water partition coefficient (Wildman–Crippen LogP) is 5.51. The first kappa shape index (κ1) is 19.7. The molecule has 1 fully saturated rings. The van der Waals surface area contributed by atoms with Gasteiger partial charge in [0.15, 0.2) is 0 Å². The van der Waals surface area contributed by atoms with Crippen molar-refractivity contribution in [2.24, 2.45) is 0 Å². The van der Waals surface area contributed by atoms with Gasteiger partial charge in [0, 0.05) is 24.1 Å². The molecule has 1 saturated heterocycles. The summed E-state index contributed by atoms with van der Waals surface area (Å²) in [6, 6.07) is 11.7. The fourth-order valence-corrected chi connectivity index (χ4v) is 3.99. The normalized spacial score (nSPS) is 17.7. The second-order valence-corrected chi connectivity index (χ2v) is 7.66. The molecule has 2 nitrogen and oxygen atoms in total. The van der Waals surface area contributed by atoms with Crippen molar-refractivity contribution >= 4 is 27.5 Å². The lowest BCUT2D eigenvalue weighted by Gasteiger charge is -2.32. The van der Waals surface area contributed by atoms with E-state index in [1.54, 1.807) is 6.07 Å². The highest BCUT2D eigenvalue weighted by atomic mass is 79.9. The number of hydrogen-bond acceptors (Lipinski definition) is 2. The molecule has 0 aliphatic carbocycles. The van der Waals surface area contributed by atoms with Gasteiger partial charge in [0.1, 0.15) is 0 Å². The van der Waals surface area contributed by atoms with E-state index in [0.717, 1.165) is 42.6 Å². The van der Waals surface area contributed by atoms with Crippen molar-refractivity contribution < 1.29 is 13.2 Å². The lowest BCUT2D eigenvalue weighted by atomic mass is 9.95. The molecule has 1 unspecified atom stereocenters. The molecule has 1 N–H and O–H groups in total. The van der Waals surface area contributed by atoms with Gasteiger partial charge in [0.2, 0.25) is 0 Å². The molecule has 2 aromatic carbocycles. The lowest BCUT2D eigenvalue weighted by molar-refractivity contribution is -0.137. The van der Waals surface area contributed by atoms with Gasteiger partial charge in [-0.15, -0.1) is 0 Å². The van der Waals surface area contributed by atoms with Crippen LogP contribution in [0.2, 0.25) is 5.02 Å². The van der Waals surface area contributed by atoms with Crippen molar-refractivity contribution in [1.82, 2.24) is 10.2 Å². The van der Waals surface area contributed by atoms with Crippen molar-refractivity contribution in [3.8, 4) is 0 Å². The van der Waals surface area contributed by atoms with Gasteiger partial charge >= 0.3 is 6.18 Å². The topological polar surface area (TPSA) is 15.3 Å². The summed E-state index contributed by atoms with van der Waals surface area (Å²) in [5.74, 6) is 0. The van der Waals surface area contributed by atoms with Crippen molar-refractivity contribution in [3.05, 3.63) is 68.7 Å². The molecule has 1 heterocycles. The molecule has 0 saturated carbocycles. The minimum absolute atomic E-state index is 0.259. The average molecular weight is 448 g/mol. The van der Waals surface area contributed by atoms with Gasteiger partial charge in [-0.25, -0.2) is 0 Å². The van der Waals surface area contributed by atoms with Crippen LogP contribution in [-0.4, -0.2) is 31.1 Å². The van der Waals surface area contributed by atoms with E-state index < -0.39 is 11.7 Å². The van der Waals surface area contributed by atoms with E-state index in [2.05, 4.69) is 26.1 Å². The van der Waals surface area contributed by atoms with E-state index in [4.69, 9.17) is 11.6 Å². The molecule has 1 atom stereocenters. The zero-order valence-corrected chi connectivity index (χ0v) is 16.3. The highest BCUT2D eigenvalue weighted by Crippen LogP contribution is 2.38. The zero-order valence-electron chi connectivity index (χ0n) is 14.0. The maximum atomic E-state index is 13.4. The quantitative estimate of drug-likeness (QED) is 0.668. The first-order valence-electron chi connectivity index (χ1n) is 8.43. The van der Waals surface area contributed by atoms with Crippen molar-refractivity contribution in [2.75, 3.05) is 26.2 Å². The summed E-state index contributed by atoms with van der Waals surface area (Å²) in [6.45, 7) is 3.30. The molecule has 3 rings (SSSR count). The number of nitrogens with zero attached hydrogens (tertiary/aromatic N) is 1. The Morgan fingerprint density at radius 1 is 1.04 bits per heavy atom. The number of hydrogen-bond donors (Lipinski definition) is 1.